The fourth-order valence-corrected chi connectivity index (χ4v) is 9.65. The van der Waals surface area contributed by atoms with Crippen molar-refractivity contribution in [3.63, 3.8) is 0 Å². The van der Waals surface area contributed by atoms with Crippen LogP contribution in [0.15, 0.2) is 29.4 Å². The number of carbonyl (C=O) groups excluding carboxylic acids is 2. The number of hydrogen-bond acceptors (Lipinski definition) is 17. The van der Waals surface area contributed by atoms with E-state index in [0.29, 0.717) is 35.9 Å². The van der Waals surface area contributed by atoms with Gasteiger partial charge in [0.05, 0.1) is 51.0 Å². The number of oxime groups is 1. The summed E-state index contributed by atoms with van der Waals surface area (Å²) in [7, 11) is 10.2. The van der Waals surface area contributed by atoms with Gasteiger partial charge < -0.3 is 58.2 Å². The van der Waals surface area contributed by atoms with Gasteiger partial charge in [0.25, 0.3) is 0 Å². The topological polar surface area (TPSA) is 191 Å². The molecule has 17 heteroatoms. The number of piperazine rings is 1. The number of likely N-dealkylation sites (N-methyl/N-ethyl adjacent to an activating group) is 2. The Labute approximate surface area is 387 Å². The second kappa shape index (κ2) is 24.1. The third-order valence-corrected chi connectivity index (χ3v) is 13.9. The summed E-state index contributed by atoms with van der Waals surface area (Å²) in [6.45, 7) is 19.0. The number of aliphatic hydroxyl groups is 3. The Balaban J connectivity index is 1.69. The van der Waals surface area contributed by atoms with Crippen molar-refractivity contribution in [2.24, 2.45) is 28.8 Å². The molecule has 13 atom stereocenters. The van der Waals surface area contributed by atoms with Gasteiger partial charge in [-0.1, -0.05) is 38.9 Å². The second-order valence-electron chi connectivity index (χ2n) is 18.8. The highest BCUT2D eigenvalue weighted by Gasteiger charge is 2.52. The summed E-state index contributed by atoms with van der Waals surface area (Å²) in [4.78, 5) is 40.9. The fraction of sp³-hybridized carbons (Fsp3) is 0.771. The van der Waals surface area contributed by atoms with Crippen molar-refractivity contribution < 1.29 is 62.9 Å². The van der Waals surface area contributed by atoms with Crippen LogP contribution in [0.5, 0.6) is 17.2 Å². The number of nitrogens with zero attached hydrogens (tertiary/aromatic N) is 4. The van der Waals surface area contributed by atoms with Gasteiger partial charge in [-0.15, -0.1) is 0 Å². The van der Waals surface area contributed by atoms with Gasteiger partial charge in [0.2, 0.25) is 5.75 Å². The van der Waals surface area contributed by atoms with Crippen molar-refractivity contribution in [2.45, 2.75) is 135 Å². The van der Waals surface area contributed by atoms with Crippen molar-refractivity contribution in [1.29, 1.82) is 0 Å². The molecule has 3 fully saturated rings. The third-order valence-electron chi connectivity index (χ3n) is 13.9. The smallest absolute Gasteiger partial charge is 0.316 e. The minimum Gasteiger partial charge on any atom is -0.493 e. The van der Waals surface area contributed by atoms with E-state index < -0.39 is 83.4 Å². The van der Waals surface area contributed by atoms with E-state index in [9.17, 15) is 24.9 Å². The molecule has 0 bridgehead atoms. The summed E-state index contributed by atoms with van der Waals surface area (Å²) in [6, 6.07) is 3.26. The first-order chi connectivity index (χ1) is 30.7. The molecule has 3 saturated heterocycles. The van der Waals surface area contributed by atoms with Gasteiger partial charge in [-0.3, -0.25) is 19.4 Å². The van der Waals surface area contributed by atoms with E-state index in [2.05, 4.69) is 22.0 Å². The lowest BCUT2D eigenvalue weighted by molar-refractivity contribution is -0.296. The van der Waals surface area contributed by atoms with Gasteiger partial charge in [-0.2, -0.15) is 0 Å². The molecule has 0 aromatic heterocycles. The molecule has 0 radical (unpaired) electrons. The molecule has 0 spiro atoms. The van der Waals surface area contributed by atoms with E-state index in [0.717, 1.165) is 38.3 Å². The molecule has 3 aliphatic heterocycles. The number of benzene rings is 1. The monoisotopic (exact) mass is 921 g/mol. The summed E-state index contributed by atoms with van der Waals surface area (Å²) >= 11 is 0. The summed E-state index contributed by atoms with van der Waals surface area (Å²) in [5.41, 5.74) is -1.94. The Morgan fingerprint density at radius 1 is 0.938 bits per heavy atom. The minimum absolute atomic E-state index is 0.160. The Bertz CT molecular complexity index is 1730. The first kappa shape index (κ1) is 54.2. The van der Waals surface area contributed by atoms with Gasteiger partial charge in [0, 0.05) is 70.2 Å². The van der Waals surface area contributed by atoms with Crippen LogP contribution >= 0.6 is 0 Å². The third kappa shape index (κ3) is 13.2. The largest absolute Gasteiger partial charge is 0.493 e. The average molecular weight is 921 g/mol. The van der Waals surface area contributed by atoms with Crippen LogP contribution in [0.2, 0.25) is 0 Å². The highest BCUT2D eigenvalue weighted by Crippen LogP contribution is 2.41. The van der Waals surface area contributed by atoms with Crippen molar-refractivity contribution in [3.8, 4) is 17.2 Å². The zero-order valence-electron chi connectivity index (χ0n) is 41.4. The van der Waals surface area contributed by atoms with E-state index in [4.69, 9.17) is 38.0 Å². The van der Waals surface area contributed by atoms with E-state index in [1.807, 2.05) is 57.0 Å². The minimum atomic E-state index is -1.93. The molecule has 0 unspecified atom stereocenters. The maximum absolute atomic E-state index is 14.5. The maximum Gasteiger partial charge on any atom is 0.316 e. The number of Topliss-reactive ketones (excluding diaryl/α,β-unsaturated/α-hetero) is 1. The Kier molecular flexibility index (Phi) is 20.1. The number of ether oxygens (including phenoxy) is 7. The summed E-state index contributed by atoms with van der Waals surface area (Å²) in [5, 5.41) is 40.5. The lowest BCUT2D eigenvalue weighted by Gasteiger charge is -2.47. The van der Waals surface area contributed by atoms with Crippen molar-refractivity contribution in [3.05, 3.63) is 29.8 Å². The van der Waals surface area contributed by atoms with Crippen LogP contribution in [0.4, 0.5) is 0 Å². The number of hydrogen-bond donors (Lipinski definition) is 3. The predicted molar refractivity (Wildman–Crippen MR) is 246 cm³/mol. The molecule has 370 valence electrons. The first-order valence-corrected chi connectivity index (χ1v) is 23.1. The molecule has 1 aromatic rings. The van der Waals surface area contributed by atoms with Crippen LogP contribution in [0.1, 0.15) is 80.2 Å². The molecule has 3 N–H and O–H groups in total. The molecule has 17 nitrogen and oxygen atoms in total. The fourth-order valence-electron chi connectivity index (χ4n) is 9.65. The predicted octanol–water partition coefficient (Wildman–Crippen LogP) is 3.93. The lowest BCUT2D eigenvalue weighted by Crippen LogP contribution is -2.60. The van der Waals surface area contributed by atoms with Crippen LogP contribution in [0, 0.1) is 23.7 Å². The number of cyclic esters (lactones) is 1. The zero-order chi connectivity index (χ0) is 48.4. The molecule has 3 aliphatic rings. The quantitative estimate of drug-likeness (QED) is 0.0754. The van der Waals surface area contributed by atoms with Gasteiger partial charge in [-0.25, -0.2) is 0 Å². The number of methoxy groups -OCH3 is 4. The van der Waals surface area contributed by atoms with E-state index in [1.165, 1.54) is 21.0 Å². The van der Waals surface area contributed by atoms with Gasteiger partial charge in [-0.05, 0) is 84.8 Å². The molecular formula is C48H80N4O13. The van der Waals surface area contributed by atoms with E-state index >= 15 is 0 Å². The second-order valence-corrected chi connectivity index (χ2v) is 18.8. The van der Waals surface area contributed by atoms with Crippen molar-refractivity contribution >= 4 is 17.5 Å². The molecule has 0 amide bonds. The first-order valence-electron chi connectivity index (χ1n) is 23.1. The Hall–Kier alpha value is -3.39. The standard InChI is InChI=1S/C48H80N4O13/c1-15-38-48(8,57)43(55)31(4)39(49-62-23-17-16-18-52-21-19-50(9)20-22-52)29(2)27-47(7,61-14)44(32(5)40(53)33(6)45(56)64-38)65-46-41(54)35(24-30(3)63-46)51(10)28-34-25-36(58-11)42(60-13)37(26-34)59-12/h16-17,25-26,29-33,35,38,41,43-44,46,54-55,57H,15,18-24,27-28H2,1-14H3/b17-16+,49-39+/t29-,30-,31+,32+,33-,35+,38-,41-,43-,44-,46+,47+,48-/m1/s1. The summed E-state index contributed by atoms with van der Waals surface area (Å²) < 4.78 is 42.1. The van der Waals surface area contributed by atoms with Crippen LogP contribution < -0.4 is 14.2 Å². The Morgan fingerprint density at radius 2 is 1.57 bits per heavy atom. The van der Waals surface area contributed by atoms with Crippen LogP contribution in [0.25, 0.3) is 0 Å². The number of esters is 1. The molecular weight excluding hydrogens is 841 g/mol. The number of rotatable bonds is 15. The van der Waals surface area contributed by atoms with Gasteiger partial charge >= 0.3 is 5.97 Å². The highest BCUT2D eigenvalue weighted by atomic mass is 16.7. The molecule has 65 heavy (non-hydrogen) atoms. The van der Waals surface area contributed by atoms with Crippen LogP contribution in [0.3, 0.4) is 0 Å². The zero-order valence-corrected chi connectivity index (χ0v) is 41.4. The maximum atomic E-state index is 14.5. The SMILES string of the molecule is CC[C@H]1OC(=O)[C@H](C)C(=O)[C@H](C)[C@@H](O[C@@H]2O[C@H](C)C[C@H](N(C)Cc3cc(OC)c(OC)c(OC)c3)[C@H]2O)[C@@](C)(OC)C[C@@H](C)/C(=N\OC/C=C/CN2CCN(C)CC2)[C@H](C)[C@@H](O)[C@]1(C)O. The number of carbonyl (C=O) groups is 2. The van der Waals surface area contributed by atoms with Crippen molar-refractivity contribution in [2.75, 3.05) is 81.9 Å². The number of aliphatic hydroxyl groups excluding tert-OH is 2. The van der Waals surface area contributed by atoms with E-state index in [-0.39, 0.29) is 25.6 Å². The molecule has 0 saturated carbocycles. The summed E-state index contributed by atoms with van der Waals surface area (Å²) in [5.74, 6) is -3.43. The van der Waals surface area contributed by atoms with Crippen LogP contribution in [-0.2, 0) is 39.9 Å². The Morgan fingerprint density at radius 3 is 2.14 bits per heavy atom. The van der Waals surface area contributed by atoms with Crippen molar-refractivity contribution in [1.82, 2.24) is 14.7 Å². The molecule has 1 aromatic carbocycles. The molecule has 4 rings (SSSR count). The van der Waals surface area contributed by atoms with E-state index in [1.54, 1.807) is 42.1 Å². The van der Waals surface area contributed by atoms with Gasteiger partial charge in [0.1, 0.15) is 30.3 Å². The molecule has 0 aliphatic carbocycles. The molecule has 3 heterocycles. The van der Waals surface area contributed by atoms with Gasteiger partial charge in [0.15, 0.2) is 23.6 Å². The normalized spacial score (nSPS) is 35.8. The number of ketones is 1. The summed E-state index contributed by atoms with van der Waals surface area (Å²) in [6.07, 6.45) is -1.71. The highest BCUT2D eigenvalue weighted by molar-refractivity contribution is 6.00. The average Bonchev–Trinajstić information content (AvgIpc) is 3.28. The van der Waals surface area contributed by atoms with Crippen LogP contribution in [-0.4, -0.2) is 183 Å². The lowest BCUT2D eigenvalue weighted by atomic mass is 9.74.